The van der Waals surface area contributed by atoms with Crippen molar-refractivity contribution in [3.8, 4) is 0 Å². The van der Waals surface area contributed by atoms with Crippen molar-refractivity contribution in [1.29, 1.82) is 0 Å². The van der Waals surface area contributed by atoms with Gasteiger partial charge in [0.05, 0.1) is 0 Å². The van der Waals surface area contributed by atoms with Gasteiger partial charge in [0, 0.05) is 24.1 Å². The number of amides is 4. The van der Waals surface area contributed by atoms with Crippen molar-refractivity contribution in [2.24, 2.45) is 0 Å². The fourth-order valence-corrected chi connectivity index (χ4v) is 2.85. The quantitative estimate of drug-likeness (QED) is 0.780. The molecule has 1 aromatic heterocycles. The first-order valence-electron chi connectivity index (χ1n) is 7.93. The third-order valence-corrected chi connectivity index (χ3v) is 4.41. The molecule has 1 aliphatic rings. The predicted octanol–water partition coefficient (Wildman–Crippen LogP) is 2.43. The van der Waals surface area contributed by atoms with Crippen LogP contribution in [0, 0.1) is 6.92 Å². The summed E-state index contributed by atoms with van der Waals surface area (Å²) >= 11 is 5.87. The number of imide groups is 1. The first kappa shape index (κ1) is 17.9. The van der Waals surface area contributed by atoms with Gasteiger partial charge in [-0.25, -0.2) is 4.79 Å². The number of carbonyl (C=O) groups excluding carboxylic acids is 3. The molecule has 0 radical (unpaired) electrons. The molecule has 1 atom stereocenters. The number of hydrogen-bond donors (Lipinski definition) is 2. The van der Waals surface area contributed by atoms with E-state index in [4.69, 9.17) is 16.1 Å². The summed E-state index contributed by atoms with van der Waals surface area (Å²) in [6.07, 6.45) is -0.0538. The van der Waals surface area contributed by atoms with Gasteiger partial charge in [0.2, 0.25) is 5.91 Å². The van der Waals surface area contributed by atoms with Gasteiger partial charge in [-0.05, 0) is 31.5 Å². The highest BCUT2D eigenvalue weighted by molar-refractivity contribution is 6.30. The fraction of sp³-hybridized carbons (Fsp3) is 0.294. The lowest BCUT2D eigenvalue weighted by Crippen LogP contribution is -2.41. The van der Waals surface area contributed by atoms with E-state index in [2.05, 4.69) is 15.8 Å². The third kappa shape index (κ3) is 3.41. The number of anilines is 1. The third-order valence-electron chi connectivity index (χ3n) is 4.15. The Morgan fingerprint density at radius 3 is 2.65 bits per heavy atom. The molecule has 0 spiro atoms. The monoisotopic (exact) mass is 376 g/mol. The highest BCUT2D eigenvalue weighted by Crippen LogP contribution is 2.29. The zero-order valence-electron chi connectivity index (χ0n) is 14.2. The van der Waals surface area contributed by atoms with Gasteiger partial charge in [0.25, 0.3) is 5.91 Å². The first-order chi connectivity index (χ1) is 12.3. The zero-order valence-corrected chi connectivity index (χ0v) is 15.0. The Kier molecular flexibility index (Phi) is 4.69. The number of carbonyl (C=O) groups is 3. The standard InChI is InChI=1S/C17H17ClN4O4/c1-10-9-13(21-26-10)19-14(23)7-8-22-15(24)17(2,20-16(22)25)11-3-5-12(18)6-4-11/h3-6,9H,7-8H2,1-2H3,(H,20,25)(H,19,21,23)/t17-/m0/s1. The number of rotatable bonds is 5. The van der Waals surface area contributed by atoms with Gasteiger partial charge in [-0.1, -0.05) is 28.9 Å². The van der Waals surface area contributed by atoms with E-state index in [1.54, 1.807) is 44.2 Å². The summed E-state index contributed by atoms with van der Waals surface area (Å²) in [6, 6.07) is 7.70. The van der Waals surface area contributed by atoms with E-state index in [1.165, 1.54) is 0 Å². The average Bonchev–Trinajstić information content (AvgIpc) is 3.08. The van der Waals surface area contributed by atoms with E-state index in [1.807, 2.05) is 0 Å². The van der Waals surface area contributed by atoms with Gasteiger partial charge in [0.15, 0.2) is 5.82 Å². The van der Waals surface area contributed by atoms with Gasteiger partial charge < -0.3 is 15.2 Å². The minimum Gasteiger partial charge on any atom is -0.360 e. The van der Waals surface area contributed by atoms with Gasteiger partial charge in [-0.15, -0.1) is 0 Å². The highest BCUT2D eigenvalue weighted by Gasteiger charge is 2.48. The molecule has 1 aromatic carbocycles. The summed E-state index contributed by atoms with van der Waals surface area (Å²) in [6.45, 7) is 3.28. The van der Waals surface area contributed by atoms with Crippen molar-refractivity contribution in [1.82, 2.24) is 15.4 Å². The zero-order chi connectivity index (χ0) is 18.9. The number of aryl methyl sites for hydroxylation is 1. The van der Waals surface area contributed by atoms with Crippen LogP contribution in [-0.2, 0) is 15.1 Å². The van der Waals surface area contributed by atoms with E-state index in [0.29, 0.717) is 16.3 Å². The Hall–Kier alpha value is -2.87. The van der Waals surface area contributed by atoms with E-state index in [9.17, 15) is 14.4 Å². The predicted molar refractivity (Wildman–Crippen MR) is 93.5 cm³/mol. The largest absolute Gasteiger partial charge is 0.360 e. The number of nitrogens with one attached hydrogen (secondary N) is 2. The molecule has 4 amide bonds. The molecular formula is C17H17ClN4O4. The molecule has 8 nitrogen and oxygen atoms in total. The SMILES string of the molecule is Cc1cc(NC(=O)CCN2C(=O)N[C@@](C)(c3ccc(Cl)cc3)C2=O)no1. The molecule has 1 fully saturated rings. The molecule has 0 unspecified atom stereocenters. The molecule has 136 valence electrons. The molecule has 3 rings (SSSR count). The van der Waals surface area contributed by atoms with Crippen molar-refractivity contribution >= 4 is 35.3 Å². The number of hydrogen-bond acceptors (Lipinski definition) is 5. The minimum absolute atomic E-state index is 0.0451. The summed E-state index contributed by atoms with van der Waals surface area (Å²) < 4.78 is 4.86. The van der Waals surface area contributed by atoms with Crippen LogP contribution >= 0.6 is 11.6 Å². The number of urea groups is 1. The van der Waals surface area contributed by atoms with Crippen LogP contribution in [0.15, 0.2) is 34.9 Å². The molecule has 1 aliphatic heterocycles. The van der Waals surface area contributed by atoms with Crippen LogP contribution in [0.25, 0.3) is 0 Å². The van der Waals surface area contributed by atoms with Crippen molar-refractivity contribution < 1.29 is 18.9 Å². The molecular weight excluding hydrogens is 360 g/mol. The summed E-state index contributed by atoms with van der Waals surface area (Å²) in [5, 5.41) is 9.42. The number of benzene rings is 1. The Morgan fingerprint density at radius 1 is 1.35 bits per heavy atom. The molecule has 0 aliphatic carbocycles. The van der Waals surface area contributed by atoms with E-state index < -0.39 is 17.5 Å². The molecule has 2 N–H and O–H groups in total. The average molecular weight is 377 g/mol. The van der Waals surface area contributed by atoms with Crippen molar-refractivity contribution in [2.45, 2.75) is 25.8 Å². The highest BCUT2D eigenvalue weighted by atomic mass is 35.5. The second-order valence-electron chi connectivity index (χ2n) is 6.14. The van der Waals surface area contributed by atoms with Crippen molar-refractivity contribution in [2.75, 3.05) is 11.9 Å². The molecule has 0 bridgehead atoms. The molecule has 2 aromatic rings. The Labute approximate surface area is 154 Å². The molecule has 1 saturated heterocycles. The van der Waals surface area contributed by atoms with Crippen LogP contribution in [0.2, 0.25) is 5.02 Å². The van der Waals surface area contributed by atoms with Gasteiger partial charge >= 0.3 is 6.03 Å². The maximum absolute atomic E-state index is 12.7. The van der Waals surface area contributed by atoms with Crippen LogP contribution in [-0.4, -0.2) is 34.4 Å². The first-order valence-corrected chi connectivity index (χ1v) is 8.31. The second-order valence-corrected chi connectivity index (χ2v) is 6.58. The normalized spacial score (nSPS) is 19.6. The fourth-order valence-electron chi connectivity index (χ4n) is 2.72. The molecule has 0 saturated carbocycles. The van der Waals surface area contributed by atoms with E-state index in [-0.39, 0.29) is 24.7 Å². The number of nitrogens with zero attached hydrogens (tertiary/aromatic N) is 2. The summed E-state index contributed by atoms with van der Waals surface area (Å²) in [5.74, 6) is 0.0535. The van der Waals surface area contributed by atoms with Crippen LogP contribution in [0.4, 0.5) is 10.6 Å². The van der Waals surface area contributed by atoms with Gasteiger partial charge in [-0.3, -0.25) is 14.5 Å². The number of aromatic nitrogens is 1. The lowest BCUT2D eigenvalue weighted by Gasteiger charge is -2.22. The summed E-state index contributed by atoms with van der Waals surface area (Å²) in [7, 11) is 0. The molecule has 9 heteroatoms. The van der Waals surface area contributed by atoms with Crippen molar-refractivity contribution in [3.05, 3.63) is 46.7 Å². The summed E-state index contributed by atoms with van der Waals surface area (Å²) in [5.41, 5.74) is -0.577. The maximum atomic E-state index is 12.7. The Balaban J connectivity index is 1.65. The van der Waals surface area contributed by atoms with Gasteiger partial charge in [-0.2, -0.15) is 0 Å². The Bertz CT molecular complexity index is 864. The topological polar surface area (TPSA) is 105 Å². The van der Waals surface area contributed by atoms with Crippen LogP contribution in [0.3, 0.4) is 0 Å². The maximum Gasteiger partial charge on any atom is 0.325 e. The Morgan fingerprint density at radius 2 is 2.04 bits per heavy atom. The molecule has 2 heterocycles. The van der Waals surface area contributed by atoms with Crippen LogP contribution < -0.4 is 10.6 Å². The number of halogens is 1. The van der Waals surface area contributed by atoms with Crippen molar-refractivity contribution in [3.63, 3.8) is 0 Å². The van der Waals surface area contributed by atoms with Gasteiger partial charge in [0.1, 0.15) is 11.3 Å². The van der Waals surface area contributed by atoms with E-state index >= 15 is 0 Å². The van der Waals surface area contributed by atoms with Crippen LogP contribution in [0.5, 0.6) is 0 Å². The molecule has 26 heavy (non-hydrogen) atoms. The lowest BCUT2D eigenvalue weighted by molar-refractivity contribution is -0.131. The van der Waals surface area contributed by atoms with E-state index in [0.717, 1.165) is 4.90 Å². The van der Waals surface area contributed by atoms with Crippen LogP contribution in [0.1, 0.15) is 24.7 Å². The second kappa shape index (κ2) is 6.80. The minimum atomic E-state index is -1.19. The lowest BCUT2D eigenvalue weighted by atomic mass is 9.92. The summed E-state index contributed by atoms with van der Waals surface area (Å²) in [4.78, 5) is 38.0. The smallest absolute Gasteiger partial charge is 0.325 e.